The number of carbonyl (C=O) groups is 1. The summed E-state index contributed by atoms with van der Waals surface area (Å²) in [6, 6.07) is 5.48. The Balaban J connectivity index is 2.68. The number of ether oxygens (including phenoxy) is 1. The molecule has 58 valence electrons. The van der Waals surface area contributed by atoms with Gasteiger partial charge in [-0.15, -0.1) is 0 Å². The van der Waals surface area contributed by atoms with Gasteiger partial charge in [-0.2, -0.15) is 0 Å². The molecule has 0 aliphatic heterocycles. The zero-order valence-corrected chi connectivity index (χ0v) is 6.23. The van der Waals surface area contributed by atoms with E-state index in [0.717, 1.165) is 5.69 Å². The predicted molar refractivity (Wildman–Crippen MR) is 39.8 cm³/mol. The lowest BCUT2D eigenvalue weighted by Crippen LogP contribution is -1.99. The summed E-state index contributed by atoms with van der Waals surface area (Å²) < 4.78 is 4.68. The fraction of sp³-hybridized carbons (Fsp3) is 0.250. The molecular weight excluding hydrogens is 142 g/mol. The van der Waals surface area contributed by atoms with Crippen LogP contribution >= 0.6 is 0 Å². The van der Waals surface area contributed by atoms with Crippen LogP contribution in [0, 0.1) is 0 Å². The van der Waals surface area contributed by atoms with Gasteiger partial charge in [0.05, 0.1) is 5.69 Å². The van der Waals surface area contributed by atoms with Gasteiger partial charge in [0.2, 0.25) is 0 Å². The van der Waals surface area contributed by atoms with Gasteiger partial charge in [0, 0.05) is 6.20 Å². The maximum absolute atomic E-state index is 9.94. The van der Waals surface area contributed by atoms with Gasteiger partial charge in [0.15, 0.2) is 0 Å². The van der Waals surface area contributed by atoms with Crippen LogP contribution in [0.3, 0.4) is 0 Å². The Kier molecular flexibility index (Phi) is 2.60. The topological polar surface area (TPSA) is 39.2 Å². The van der Waals surface area contributed by atoms with E-state index in [2.05, 4.69) is 9.72 Å². The van der Waals surface area contributed by atoms with Crippen LogP contribution < -0.4 is 0 Å². The maximum atomic E-state index is 9.94. The second kappa shape index (κ2) is 3.71. The van der Waals surface area contributed by atoms with Crippen molar-refractivity contribution in [1.82, 2.24) is 4.98 Å². The first-order valence-corrected chi connectivity index (χ1v) is 3.34. The largest absolute Gasteiger partial charge is 0.458 e. The summed E-state index contributed by atoms with van der Waals surface area (Å²) in [6.07, 6.45) is 1.41. The van der Waals surface area contributed by atoms with Crippen molar-refractivity contribution in [2.24, 2.45) is 0 Å². The van der Waals surface area contributed by atoms with E-state index in [1.807, 2.05) is 18.2 Å². The zero-order valence-electron chi connectivity index (χ0n) is 6.23. The van der Waals surface area contributed by atoms with Crippen LogP contribution in [0.2, 0.25) is 0 Å². The number of carbonyl (C=O) groups excluding carboxylic acids is 1. The van der Waals surface area contributed by atoms with E-state index in [9.17, 15) is 4.79 Å². The minimum absolute atomic E-state index is 0.256. The molecule has 3 nitrogen and oxygen atoms in total. The molecule has 0 spiro atoms. The molecule has 0 saturated heterocycles. The van der Waals surface area contributed by atoms with E-state index >= 15 is 0 Å². The van der Waals surface area contributed by atoms with Crippen molar-refractivity contribution in [3.05, 3.63) is 30.1 Å². The van der Waals surface area contributed by atoms with Crippen molar-refractivity contribution < 1.29 is 9.53 Å². The average Bonchev–Trinajstić information content (AvgIpc) is 2.07. The third-order valence-corrected chi connectivity index (χ3v) is 1.36. The van der Waals surface area contributed by atoms with Gasteiger partial charge >= 0.3 is 0 Å². The van der Waals surface area contributed by atoms with E-state index in [0.29, 0.717) is 6.47 Å². The number of hydrogen-bond acceptors (Lipinski definition) is 3. The second-order valence-corrected chi connectivity index (χ2v) is 2.13. The molecule has 0 radical (unpaired) electrons. The summed E-state index contributed by atoms with van der Waals surface area (Å²) >= 11 is 0. The van der Waals surface area contributed by atoms with Crippen molar-refractivity contribution in [3.63, 3.8) is 0 Å². The van der Waals surface area contributed by atoms with Crippen LogP contribution in [-0.4, -0.2) is 11.5 Å². The maximum Gasteiger partial charge on any atom is 0.293 e. The first-order chi connectivity index (χ1) is 5.34. The molecule has 0 amide bonds. The summed E-state index contributed by atoms with van der Waals surface area (Å²) in [4.78, 5) is 14.0. The van der Waals surface area contributed by atoms with Crippen molar-refractivity contribution in [2.75, 3.05) is 0 Å². The second-order valence-electron chi connectivity index (χ2n) is 2.13. The van der Waals surface area contributed by atoms with E-state index in [1.165, 1.54) is 0 Å². The fourth-order valence-corrected chi connectivity index (χ4v) is 0.769. The molecule has 3 heteroatoms. The number of aromatic nitrogens is 1. The van der Waals surface area contributed by atoms with Crippen LogP contribution in [0.25, 0.3) is 0 Å². The Morgan fingerprint density at radius 3 is 3.00 bits per heavy atom. The number of pyridine rings is 1. The Hall–Kier alpha value is -1.38. The van der Waals surface area contributed by atoms with Gasteiger partial charge in [0.1, 0.15) is 6.10 Å². The highest BCUT2D eigenvalue weighted by molar-refractivity contribution is 5.37. The van der Waals surface area contributed by atoms with Gasteiger partial charge < -0.3 is 4.74 Å². The third kappa shape index (κ3) is 2.04. The lowest BCUT2D eigenvalue weighted by atomic mass is 10.2. The lowest BCUT2D eigenvalue weighted by molar-refractivity contribution is -0.133. The van der Waals surface area contributed by atoms with Crippen molar-refractivity contribution >= 4 is 6.47 Å². The van der Waals surface area contributed by atoms with E-state index in [4.69, 9.17) is 0 Å². The Morgan fingerprint density at radius 2 is 2.45 bits per heavy atom. The normalized spacial score (nSPS) is 12.1. The van der Waals surface area contributed by atoms with Gasteiger partial charge in [-0.25, -0.2) is 0 Å². The highest BCUT2D eigenvalue weighted by Crippen LogP contribution is 2.10. The Labute approximate surface area is 65.0 Å². The van der Waals surface area contributed by atoms with E-state index in [-0.39, 0.29) is 6.10 Å². The minimum Gasteiger partial charge on any atom is -0.458 e. The van der Waals surface area contributed by atoms with E-state index in [1.54, 1.807) is 13.1 Å². The van der Waals surface area contributed by atoms with Crippen molar-refractivity contribution in [2.45, 2.75) is 13.0 Å². The van der Waals surface area contributed by atoms with Crippen LogP contribution in [-0.2, 0) is 9.53 Å². The molecule has 11 heavy (non-hydrogen) atoms. The molecule has 0 saturated carbocycles. The number of nitrogens with zero attached hydrogens (tertiary/aromatic N) is 1. The fourth-order valence-electron chi connectivity index (χ4n) is 0.769. The van der Waals surface area contributed by atoms with Crippen molar-refractivity contribution in [1.29, 1.82) is 0 Å². The zero-order chi connectivity index (χ0) is 8.10. The summed E-state index contributed by atoms with van der Waals surface area (Å²) in [5.41, 5.74) is 0.764. The monoisotopic (exact) mass is 151 g/mol. The lowest BCUT2D eigenvalue weighted by Gasteiger charge is -2.06. The van der Waals surface area contributed by atoms with Crippen LogP contribution in [0.15, 0.2) is 24.4 Å². The molecule has 0 aliphatic rings. The molecule has 0 aromatic carbocycles. The Morgan fingerprint density at radius 1 is 1.64 bits per heavy atom. The molecule has 0 N–H and O–H groups in total. The highest BCUT2D eigenvalue weighted by Gasteiger charge is 2.04. The molecule has 1 unspecified atom stereocenters. The third-order valence-electron chi connectivity index (χ3n) is 1.36. The molecule has 0 fully saturated rings. The smallest absolute Gasteiger partial charge is 0.293 e. The van der Waals surface area contributed by atoms with Gasteiger partial charge in [-0.3, -0.25) is 9.78 Å². The van der Waals surface area contributed by atoms with Crippen LogP contribution in [0.4, 0.5) is 0 Å². The van der Waals surface area contributed by atoms with Crippen LogP contribution in [0.1, 0.15) is 18.7 Å². The molecule has 0 aliphatic carbocycles. The molecular formula is C8H9NO2. The molecule has 1 atom stereocenters. The minimum atomic E-state index is -0.256. The number of hydrogen-bond donors (Lipinski definition) is 0. The first kappa shape index (κ1) is 7.72. The van der Waals surface area contributed by atoms with E-state index < -0.39 is 0 Å². The molecule has 1 rings (SSSR count). The predicted octanol–water partition coefficient (Wildman–Crippen LogP) is 1.32. The average molecular weight is 151 g/mol. The SMILES string of the molecule is CC(OC=O)c1ccccn1. The molecule has 1 heterocycles. The Bertz CT molecular complexity index is 223. The summed E-state index contributed by atoms with van der Waals surface area (Å²) in [6.45, 7) is 2.20. The quantitative estimate of drug-likeness (QED) is 0.611. The molecule has 1 aromatic rings. The summed E-state index contributed by atoms with van der Waals surface area (Å²) in [7, 11) is 0. The van der Waals surface area contributed by atoms with Gasteiger partial charge in [-0.05, 0) is 19.1 Å². The van der Waals surface area contributed by atoms with Crippen molar-refractivity contribution in [3.8, 4) is 0 Å². The number of rotatable bonds is 3. The first-order valence-electron chi connectivity index (χ1n) is 3.34. The highest BCUT2D eigenvalue weighted by atomic mass is 16.5. The van der Waals surface area contributed by atoms with Gasteiger partial charge in [-0.1, -0.05) is 6.07 Å². The summed E-state index contributed by atoms with van der Waals surface area (Å²) in [5.74, 6) is 0. The standard InChI is InChI=1S/C8H9NO2/c1-7(11-6-10)8-4-2-3-5-9-8/h2-7H,1H3. The molecule has 1 aromatic heterocycles. The molecule has 0 bridgehead atoms. The summed E-state index contributed by atoms with van der Waals surface area (Å²) in [5, 5.41) is 0. The van der Waals surface area contributed by atoms with Crippen LogP contribution in [0.5, 0.6) is 0 Å². The van der Waals surface area contributed by atoms with Gasteiger partial charge in [0.25, 0.3) is 6.47 Å².